The number of carbonyl (C=O) groups is 2. The second-order valence-electron chi connectivity index (χ2n) is 7.18. The van der Waals surface area contributed by atoms with Crippen LogP contribution in [0.2, 0.25) is 0 Å². The molecule has 0 bridgehead atoms. The highest BCUT2D eigenvalue weighted by Crippen LogP contribution is 2.52. The number of allylic oxidation sites excluding steroid dienone is 2. The van der Waals surface area contributed by atoms with E-state index in [1.54, 1.807) is 25.1 Å². The van der Waals surface area contributed by atoms with Crippen LogP contribution in [0.15, 0.2) is 53.2 Å². The van der Waals surface area contributed by atoms with E-state index in [0.29, 0.717) is 50.9 Å². The number of rotatable bonds is 5. The van der Waals surface area contributed by atoms with Gasteiger partial charge in [0, 0.05) is 28.0 Å². The minimum absolute atomic E-state index is 0.145. The fourth-order valence-electron chi connectivity index (χ4n) is 4.37. The molecule has 0 saturated carbocycles. The lowest BCUT2D eigenvalue weighted by atomic mass is 9.79. The van der Waals surface area contributed by atoms with Crippen LogP contribution in [0, 0.1) is 0 Å². The molecule has 160 valence electrons. The number of hydrogen-bond acceptors (Lipinski definition) is 7. The summed E-state index contributed by atoms with van der Waals surface area (Å²) in [6.07, 6.45) is 0. The summed E-state index contributed by atoms with van der Waals surface area (Å²) in [6.45, 7) is 1.79. The first-order valence-corrected chi connectivity index (χ1v) is 9.71. The molecule has 0 spiro atoms. The highest BCUT2D eigenvalue weighted by atomic mass is 16.5. The Kier molecular flexibility index (Phi) is 5.19. The minimum Gasteiger partial charge on any atom is -0.493 e. The molecule has 0 fully saturated rings. The third-order valence-corrected chi connectivity index (χ3v) is 5.70. The first-order chi connectivity index (χ1) is 15.0. The zero-order chi connectivity index (χ0) is 22.3. The van der Waals surface area contributed by atoms with Crippen LogP contribution in [-0.2, 0) is 9.53 Å². The number of carbonyl (C=O) groups excluding carboxylic acids is 2. The van der Waals surface area contributed by atoms with Crippen molar-refractivity contribution in [1.82, 2.24) is 5.32 Å². The summed E-state index contributed by atoms with van der Waals surface area (Å²) in [4.78, 5) is 26.3. The van der Waals surface area contributed by atoms with E-state index in [1.165, 1.54) is 28.4 Å². The summed E-state index contributed by atoms with van der Waals surface area (Å²) in [5.41, 5.74) is 4.10. The van der Waals surface area contributed by atoms with Crippen LogP contribution in [0.3, 0.4) is 0 Å². The number of fused-ring (bicyclic) bond motifs is 2. The van der Waals surface area contributed by atoms with Crippen LogP contribution in [-0.4, -0.2) is 40.2 Å². The Morgan fingerprint density at radius 2 is 1.58 bits per heavy atom. The van der Waals surface area contributed by atoms with Crippen molar-refractivity contribution in [2.75, 3.05) is 28.4 Å². The van der Waals surface area contributed by atoms with Gasteiger partial charge in [-0.05, 0) is 13.0 Å². The molecule has 4 rings (SSSR count). The second kappa shape index (κ2) is 7.83. The molecule has 1 heterocycles. The lowest BCUT2D eigenvalue weighted by Gasteiger charge is -2.30. The molecule has 7 heteroatoms. The quantitative estimate of drug-likeness (QED) is 0.741. The zero-order valence-corrected chi connectivity index (χ0v) is 18.0. The summed E-state index contributed by atoms with van der Waals surface area (Å²) in [5, 5.41) is 3.26. The highest BCUT2D eigenvalue weighted by Gasteiger charge is 2.44. The summed E-state index contributed by atoms with van der Waals surface area (Å²) in [7, 11) is 5.87. The Labute approximate surface area is 180 Å². The Morgan fingerprint density at radius 3 is 2.19 bits per heavy atom. The number of benzene rings is 2. The number of ketones is 1. The van der Waals surface area contributed by atoms with Gasteiger partial charge in [0.15, 0.2) is 17.3 Å². The molecule has 1 N–H and O–H groups in total. The van der Waals surface area contributed by atoms with Gasteiger partial charge in [-0.1, -0.05) is 30.3 Å². The van der Waals surface area contributed by atoms with E-state index in [9.17, 15) is 9.59 Å². The minimum atomic E-state index is -0.710. The van der Waals surface area contributed by atoms with E-state index in [-0.39, 0.29) is 5.78 Å². The third-order valence-electron chi connectivity index (χ3n) is 5.70. The molecule has 2 aliphatic rings. The number of ether oxygens (including phenoxy) is 4. The Bertz CT molecular complexity index is 1160. The van der Waals surface area contributed by atoms with Crippen LogP contribution < -0.4 is 19.5 Å². The number of nitrogens with one attached hydrogen (secondary N) is 1. The van der Waals surface area contributed by atoms with Gasteiger partial charge in [0.25, 0.3) is 0 Å². The maximum Gasteiger partial charge on any atom is 0.336 e. The summed E-state index contributed by atoms with van der Waals surface area (Å²) in [6, 6.07) is 10.9. The van der Waals surface area contributed by atoms with E-state index in [1.807, 2.05) is 18.2 Å². The lowest BCUT2D eigenvalue weighted by Crippen LogP contribution is -2.29. The summed E-state index contributed by atoms with van der Waals surface area (Å²) < 4.78 is 21.7. The van der Waals surface area contributed by atoms with Crippen molar-refractivity contribution in [3.8, 4) is 17.2 Å². The van der Waals surface area contributed by atoms with E-state index in [4.69, 9.17) is 18.9 Å². The van der Waals surface area contributed by atoms with Crippen molar-refractivity contribution in [1.29, 1.82) is 0 Å². The average molecular weight is 421 g/mol. The third kappa shape index (κ3) is 2.96. The maximum absolute atomic E-state index is 13.5. The molecule has 0 saturated heterocycles. The van der Waals surface area contributed by atoms with Gasteiger partial charge in [-0.2, -0.15) is 0 Å². The van der Waals surface area contributed by atoms with Crippen LogP contribution in [0.1, 0.15) is 34.3 Å². The van der Waals surface area contributed by atoms with E-state index in [2.05, 4.69) is 5.32 Å². The zero-order valence-electron chi connectivity index (χ0n) is 18.0. The van der Waals surface area contributed by atoms with E-state index >= 15 is 0 Å². The molecule has 2 aromatic carbocycles. The number of hydrogen-bond donors (Lipinski definition) is 1. The molecule has 1 aliphatic heterocycles. The molecule has 31 heavy (non-hydrogen) atoms. The monoisotopic (exact) mass is 421 g/mol. The number of dihydropyridines is 1. The molecule has 1 aliphatic carbocycles. The largest absolute Gasteiger partial charge is 0.493 e. The van der Waals surface area contributed by atoms with Gasteiger partial charge in [-0.15, -0.1) is 0 Å². The van der Waals surface area contributed by atoms with Gasteiger partial charge in [0.05, 0.1) is 45.6 Å². The maximum atomic E-state index is 13.5. The molecule has 7 nitrogen and oxygen atoms in total. The Morgan fingerprint density at radius 1 is 0.903 bits per heavy atom. The molecule has 1 atom stereocenters. The van der Waals surface area contributed by atoms with Gasteiger partial charge in [-0.3, -0.25) is 4.79 Å². The fourth-order valence-corrected chi connectivity index (χ4v) is 4.37. The molecular weight excluding hydrogens is 398 g/mol. The molecule has 0 amide bonds. The molecule has 1 unspecified atom stereocenters. The lowest BCUT2D eigenvalue weighted by molar-refractivity contribution is -0.136. The van der Waals surface area contributed by atoms with E-state index < -0.39 is 11.9 Å². The van der Waals surface area contributed by atoms with Crippen LogP contribution >= 0.6 is 0 Å². The number of methoxy groups -OCH3 is 4. The molecule has 0 radical (unpaired) electrons. The predicted molar refractivity (Wildman–Crippen MR) is 114 cm³/mol. The first kappa shape index (κ1) is 20.5. The summed E-state index contributed by atoms with van der Waals surface area (Å²) >= 11 is 0. The van der Waals surface area contributed by atoms with Gasteiger partial charge in [-0.25, -0.2) is 4.79 Å². The molecular formula is C24H23NO6. The van der Waals surface area contributed by atoms with Crippen molar-refractivity contribution in [2.24, 2.45) is 0 Å². The SMILES string of the molecule is COC(=O)C1=C(C)NC2=C(C(=O)c3ccccc32)C1c1ccc(OC)c(OC)c1OC. The summed E-state index contributed by atoms with van der Waals surface area (Å²) in [5.74, 6) is -0.131. The number of esters is 1. The van der Waals surface area contributed by atoms with Crippen molar-refractivity contribution < 1.29 is 28.5 Å². The Hall–Kier alpha value is -3.74. The van der Waals surface area contributed by atoms with Crippen LogP contribution in [0.5, 0.6) is 17.2 Å². The number of Topliss-reactive ketones (excluding diaryl/α,β-unsaturated/α-hetero) is 1. The molecule has 0 aromatic heterocycles. The fraction of sp³-hybridized carbons (Fsp3) is 0.250. The van der Waals surface area contributed by atoms with Gasteiger partial charge < -0.3 is 24.3 Å². The predicted octanol–water partition coefficient (Wildman–Crippen LogP) is 3.45. The topological polar surface area (TPSA) is 83.1 Å². The standard InChI is InChI=1S/C24H23NO6/c1-12-17(24(27)31-5)18(15-10-11-16(28-2)23(30-4)22(15)29-3)19-20(25-12)13-8-6-7-9-14(13)21(19)26/h6-11,18,25H,1-5H3. The second-order valence-corrected chi connectivity index (χ2v) is 7.18. The van der Waals surface area contributed by atoms with Crippen molar-refractivity contribution in [3.05, 3.63) is 69.9 Å². The smallest absolute Gasteiger partial charge is 0.336 e. The van der Waals surface area contributed by atoms with Gasteiger partial charge >= 0.3 is 5.97 Å². The van der Waals surface area contributed by atoms with Crippen molar-refractivity contribution >= 4 is 17.4 Å². The normalized spacial score (nSPS) is 17.1. The van der Waals surface area contributed by atoms with Crippen LogP contribution in [0.25, 0.3) is 5.70 Å². The average Bonchev–Trinajstić information content (AvgIpc) is 3.08. The molecule has 2 aromatic rings. The Balaban J connectivity index is 2.02. The van der Waals surface area contributed by atoms with Crippen molar-refractivity contribution in [3.63, 3.8) is 0 Å². The first-order valence-electron chi connectivity index (χ1n) is 9.71. The highest BCUT2D eigenvalue weighted by molar-refractivity contribution is 6.23. The van der Waals surface area contributed by atoms with Gasteiger partial charge in [0.2, 0.25) is 5.75 Å². The van der Waals surface area contributed by atoms with Gasteiger partial charge in [0.1, 0.15) is 0 Å². The van der Waals surface area contributed by atoms with Crippen molar-refractivity contribution in [2.45, 2.75) is 12.8 Å². The van der Waals surface area contributed by atoms with E-state index in [0.717, 1.165) is 5.56 Å². The van der Waals surface area contributed by atoms with Crippen LogP contribution in [0.4, 0.5) is 0 Å².